The number of carbonyl (C=O) groups is 20. The summed E-state index contributed by atoms with van der Waals surface area (Å²) in [6.45, 7) is 74.8. The van der Waals surface area contributed by atoms with Gasteiger partial charge in [0.15, 0.2) is 0 Å². The van der Waals surface area contributed by atoms with Gasteiger partial charge in [-0.15, -0.1) is 0 Å². The van der Waals surface area contributed by atoms with E-state index in [4.69, 9.17) is 0 Å². The average Bonchev–Trinajstić information content (AvgIpc) is 1.60. The normalized spacial score (nSPS) is 20.3. The number of anilines is 2. The first-order valence-corrected chi connectivity index (χ1v) is 49.5. The van der Waals surface area contributed by atoms with Crippen molar-refractivity contribution in [2.75, 3.05) is 68.7 Å². The maximum Gasteiger partial charge on any atom is 0.261 e. The molecule has 18 amide bonds. The Morgan fingerprint density at radius 3 is 0.908 bits per heavy atom. The quantitative estimate of drug-likeness (QED) is 0.105. The third-order valence-electron chi connectivity index (χ3n) is 26.6. The molecule has 9 aliphatic heterocycles. The lowest BCUT2D eigenvalue weighted by Crippen LogP contribution is -2.60. The highest BCUT2D eigenvalue weighted by molar-refractivity contribution is 6.33. The fraction of sp³-hybridized carbons (Fsp3) is 0.640. The molecule has 0 aromatic heterocycles. The zero-order valence-corrected chi connectivity index (χ0v) is 92.2. The van der Waals surface area contributed by atoms with Crippen molar-refractivity contribution in [2.45, 2.75) is 325 Å². The molecule has 1 N–H and O–H groups in total. The number of imide groups is 8. The second-order valence-corrected chi connectivity index (χ2v) is 52.5. The van der Waals surface area contributed by atoms with Crippen molar-refractivity contribution in [3.63, 3.8) is 0 Å². The van der Waals surface area contributed by atoms with Crippen LogP contribution < -0.4 is 15.1 Å². The predicted octanol–water partition coefficient (Wildman–Crippen LogP) is 14.6. The summed E-state index contributed by atoms with van der Waals surface area (Å²) in [5, 5.41) is 3.38. The van der Waals surface area contributed by atoms with Crippen molar-refractivity contribution in [1.29, 1.82) is 0 Å². The van der Waals surface area contributed by atoms with Crippen LogP contribution >= 0.6 is 0 Å². The zero-order valence-electron chi connectivity index (χ0n) is 92.2. The average molecular weight is 1970 g/mol. The second kappa shape index (κ2) is 41.8. The molecule has 2 unspecified atom stereocenters. The van der Waals surface area contributed by atoms with E-state index in [2.05, 4.69) is 5.32 Å². The van der Waals surface area contributed by atoms with E-state index in [9.17, 15) is 95.9 Å². The molecule has 4 atom stereocenters. The van der Waals surface area contributed by atoms with E-state index in [-0.39, 0.29) is 178 Å². The van der Waals surface area contributed by atoms with Crippen molar-refractivity contribution in [2.24, 2.45) is 77.3 Å². The minimum absolute atomic E-state index is 0.00314. The zero-order chi connectivity index (χ0) is 109. The highest BCUT2D eigenvalue weighted by atomic mass is 16.2. The van der Waals surface area contributed by atoms with Gasteiger partial charge in [-0.25, -0.2) is 9.80 Å². The molecule has 0 saturated carbocycles. The molecule has 0 spiro atoms. The summed E-state index contributed by atoms with van der Waals surface area (Å²) in [5.74, 6) is -8.02. The van der Waals surface area contributed by atoms with E-state index in [0.717, 1.165) is 30.1 Å². The summed E-state index contributed by atoms with van der Waals surface area (Å²) in [4.78, 5) is 272. The Morgan fingerprint density at radius 2 is 0.620 bits per heavy atom. The van der Waals surface area contributed by atoms with Crippen LogP contribution in [0.5, 0.6) is 0 Å². The van der Waals surface area contributed by atoms with E-state index in [1.807, 2.05) is 228 Å². The summed E-state index contributed by atoms with van der Waals surface area (Å²) < 4.78 is 0. The van der Waals surface area contributed by atoms with Gasteiger partial charge >= 0.3 is 0 Å². The molecule has 9 heterocycles. The molecule has 31 heteroatoms. The van der Waals surface area contributed by atoms with Gasteiger partial charge in [-0.1, -0.05) is 249 Å². The van der Waals surface area contributed by atoms with Crippen molar-refractivity contribution in [3.05, 3.63) is 105 Å². The standard InChI is InChI=1S/C32H51N3O6.C29H41N3O6.C26H32N2O4.C24H37N3O4/c1-29(2,3)20-19-23(38)34(26(20)39)17-15-33(22(37)14-13-21(36)30(4,5)6)16-18-35-27(40)24(31(7,8)9)25(28(35)41)32(10,11)12;1-27(2,3)19-13-23(35)31(25(19)37)17-12-18(32-24(36)14-20(26(32)38)28(4,5)6)16-30(15-17)22(34)11-10-21(33)29(7,8)9;1-24(2,3)15-10-16(27-20(29)13-18(22(27)31)25(4,5)6)12-17(11-15)28-21(30)14-19(23(28)32)26(7,8)9;1-22(2,3)16-10-18(28)26(20(16)30)13-15(12-25-24(7,8)9)14-27-19(29)11-17(21(27)31)23(4,5)6/h19,24-25H,13-18H2,1-12H3;13-14,17-18H,10-12,15-16H2,1-9H3;10-14H,1-9H3;10-11,15,25H,12-14H2,1-9H3/t;17-,18+;;. The molecule has 0 aliphatic carbocycles. The van der Waals surface area contributed by atoms with Crippen LogP contribution in [0.4, 0.5) is 11.4 Å². The largest absolute Gasteiger partial charge is 0.339 e. The summed E-state index contributed by atoms with van der Waals surface area (Å²) in [5.41, 5.74) is -1.56. The minimum Gasteiger partial charge on any atom is -0.339 e. The number of nitrogens with one attached hydrogen (secondary N) is 1. The molecule has 780 valence electrons. The van der Waals surface area contributed by atoms with Crippen molar-refractivity contribution < 1.29 is 95.9 Å². The molecular formula is C111H161N11O20. The van der Waals surface area contributed by atoms with Crippen LogP contribution in [0.2, 0.25) is 0 Å². The van der Waals surface area contributed by atoms with Gasteiger partial charge in [0.25, 0.3) is 82.7 Å². The SMILES string of the molecule is CC(C)(C)C(=O)CCC(=O)N(CCN1C(=O)C=C(C(C)(C)C)C1=O)CCN1C(=O)C(C(C)(C)C)C(C(C)(C)C)C1=O.CC(C)(C)C(=O)CCC(=O)N1C[C@H](N2C(=O)C=C(C(C)(C)C)C2=O)C[C@H](N2C(=O)C=C(C(C)(C)C)C2=O)C1.CC(C)(C)C1=CC(=O)N(c2cc(N3C(=O)C=C(C(C)(C)C)C3=O)cc(C(C)(C)C)c2)C1=O.CC(C)(C)NCC(CN1C(=O)C=C(C(C)(C)C)C1=O)CN1C(=O)C=C(C(C)(C)C)C1=O. The van der Waals surface area contributed by atoms with Gasteiger partial charge in [-0.05, 0) is 105 Å². The first-order valence-electron chi connectivity index (χ1n) is 49.5. The maximum atomic E-state index is 13.6. The number of nitrogens with zero attached hydrogens (tertiary/aromatic N) is 10. The number of benzene rings is 1. The summed E-state index contributed by atoms with van der Waals surface area (Å²) >= 11 is 0. The molecule has 1 aromatic carbocycles. The third kappa shape index (κ3) is 27.8. The number of ketones is 2. The summed E-state index contributed by atoms with van der Waals surface area (Å²) in [6.07, 6.45) is 9.79. The van der Waals surface area contributed by atoms with Gasteiger partial charge < -0.3 is 15.1 Å². The Kier molecular flexibility index (Phi) is 34.7. The van der Waals surface area contributed by atoms with Crippen LogP contribution in [0.25, 0.3) is 0 Å². The molecular weight excluding hydrogens is 1810 g/mol. The Balaban J connectivity index is 0.000000259. The van der Waals surface area contributed by atoms with E-state index < -0.39 is 125 Å². The molecule has 1 aromatic rings. The molecule has 10 rings (SSSR count). The number of hydrogen-bond acceptors (Lipinski definition) is 21. The molecule has 2 saturated heterocycles. The van der Waals surface area contributed by atoms with E-state index >= 15 is 0 Å². The first-order chi connectivity index (χ1) is 64.0. The number of Topliss-reactive ketones (excluding diaryl/α,β-unsaturated/α-hetero) is 2. The lowest BCUT2D eigenvalue weighted by Gasteiger charge is -2.43. The van der Waals surface area contributed by atoms with Crippen LogP contribution in [0.3, 0.4) is 0 Å². The highest BCUT2D eigenvalue weighted by Crippen LogP contribution is 2.49. The Hall–Kier alpha value is -11.2. The molecule has 0 bridgehead atoms. The number of carbonyl (C=O) groups excluding carboxylic acids is 20. The fourth-order valence-corrected chi connectivity index (χ4v) is 18.0. The van der Waals surface area contributed by atoms with Crippen LogP contribution in [0, 0.1) is 77.3 Å². The van der Waals surface area contributed by atoms with Crippen LogP contribution in [0.1, 0.15) is 308 Å². The number of hydrogen-bond donors (Lipinski definition) is 1. The monoisotopic (exact) mass is 1970 g/mol. The number of likely N-dealkylation sites (tertiary alicyclic amines) is 2. The Morgan fingerprint density at radius 1 is 0.331 bits per heavy atom. The van der Waals surface area contributed by atoms with Gasteiger partial charge in [-0.3, -0.25) is 125 Å². The first kappa shape index (κ1) is 118. The fourth-order valence-electron chi connectivity index (χ4n) is 18.0. The molecule has 9 aliphatic rings. The van der Waals surface area contributed by atoms with Gasteiger partial charge in [0.05, 0.1) is 35.3 Å². The van der Waals surface area contributed by atoms with Gasteiger partial charge in [0.1, 0.15) is 11.6 Å². The van der Waals surface area contributed by atoms with Gasteiger partial charge in [-0.2, -0.15) is 0 Å². The van der Waals surface area contributed by atoms with E-state index in [1.54, 1.807) is 59.7 Å². The maximum absolute atomic E-state index is 13.6. The lowest BCUT2D eigenvalue weighted by atomic mass is 9.65. The second-order valence-electron chi connectivity index (χ2n) is 52.5. The lowest BCUT2D eigenvalue weighted by molar-refractivity contribution is -0.150. The number of piperidine rings is 1. The summed E-state index contributed by atoms with van der Waals surface area (Å²) in [7, 11) is 0. The summed E-state index contributed by atoms with van der Waals surface area (Å²) in [6, 6.07) is 3.70. The topological polar surface area (TPSA) is 386 Å². The third-order valence-corrected chi connectivity index (χ3v) is 26.6. The highest BCUT2D eigenvalue weighted by Gasteiger charge is 2.57. The van der Waals surface area contributed by atoms with Crippen molar-refractivity contribution in [1.82, 2.24) is 44.5 Å². The van der Waals surface area contributed by atoms with Gasteiger partial charge in [0.2, 0.25) is 23.6 Å². The van der Waals surface area contributed by atoms with Gasteiger partial charge in [0, 0.05) is 188 Å². The number of amides is 18. The van der Waals surface area contributed by atoms with Crippen LogP contribution in [0.15, 0.2) is 99.7 Å². The minimum atomic E-state index is -0.716. The Labute approximate surface area is 841 Å². The van der Waals surface area contributed by atoms with Crippen LogP contribution in [-0.2, 0) is 101 Å². The molecule has 31 nitrogen and oxygen atoms in total. The Bertz CT molecular complexity index is 5330. The molecule has 0 radical (unpaired) electrons. The predicted molar refractivity (Wildman–Crippen MR) is 543 cm³/mol. The molecule has 142 heavy (non-hydrogen) atoms. The van der Waals surface area contributed by atoms with Crippen molar-refractivity contribution in [3.8, 4) is 0 Å². The smallest absolute Gasteiger partial charge is 0.261 e. The molecule has 2 fully saturated rings. The number of rotatable bonds is 22. The van der Waals surface area contributed by atoms with Crippen LogP contribution in [-0.4, -0.2) is 234 Å². The van der Waals surface area contributed by atoms with E-state index in [1.165, 1.54) is 67.0 Å². The van der Waals surface area contributed by atoms with E-state index in [0.29, 0.717) is 56.9 Å². The van der Waals surface area contributed by atoms with Crippen molar-refractivity contribution >= 4 is 129 Å².